The molecule has 0 saturated heterocycles. The van der Waals surface area contributed by atoms with Crippen molar-refractivity contribution in [3.8, 4) is 0 Å². The first-order chi connectivity index (χ1) is 13.8. The van der Waals surface area contributed by atoms with Gasteiger partial charge in [-0.05, 0) is 46.5 Å². The van der Waals surface area contributed by atoms with Gasteiger partial charge >= 0.3 is 18.2 Å². The van der Waals surface area contributed by atoms with Gasteiger partial charge in [-0.2, -0.15) is 13.2 Å². The van der Waals surface area contributed by atoms with Gasteiger partial charge in [0.2, 0.25) is 0 Å². The van der Waals surface area contributed by atoms with Gasteiger partial charge in [0.1, 0.15) is 11.4 Å². The first-order valence-electron chi connectivity index (χ1n) is 9.47. The molecule has 0 aromatic carbocycles. The van der Waals surface area contributed by atoms with Crippen molar-refractivity contribution in [2.75, 3.05) is 6.61 Å². The normalized spacial score (nSPS) is 20.5. The van der Waals surface area contributed by atoms with E-state index in [2.05, 4.69) is 20.6 Å². The Morgan fingerprint density at radius 1 is 1.23 bits per heavy atom. The minimum Gasteiger partial charge on any atom is -0.475 e. The number of ether oxygens (including phenoxy) is 1. The average Bonchev–Trinajstić information content (AvgIpc) is 3.13. The number of nitrogens with one attached hydrogen (secondary N) is 3. The summed E-state index contributed by atoms with van der Waals surface area (Å²) in [5.41, 5.74) is -0.472. The Morgan fingerprint density at radius 3 is 2.17 bits per heavy atom. The minimum atomic E-state index is -5.08. The Balaban J connectivity index is 0.000000553. The second-order valence-electron chi connectivity index (χ2n) is 7.87. The number of H-pyrrole nitrogens is 1. The largest absolute Gasteiger partial charge is 0.490 e. The number of aliphatic hydroxyl groups excluding tert-OH is 1. The lowest BCUT2D eigenvalue weighted by molar-refractivity contribution is -0.192. The van der Waals surface area contributed by atoms with Crippen molar-refractivity contribution >= 4 is 12.1 Å². The van der Waals surface area contributed by atoms with Crippen molar-refractivity contribution in [3.63, 3.8) is 0 Å². The fourth-order valence-electron chi connectivity index (χ4n) is 2.85. The third-order valence-electron chi connectivity index (χ3n) is 4.16. The highest BCUT2D eigenvalue weighted by molar-refractivity contribution is 5.73. The van der Waals surface area contributed by atoms with Crippen LogP contribution in [0.25, 0.3) is 0 Å². The number of hydrogen-bond acceptors (Lipinski definition) is 6. The van der Waals surface area contributed by atoms with Crippen LogP contribution in [0, 0.1) is 0 Å². The summed E-state index contributed by atoms with van der Waals surface area (Å²) in [4.78, 5) is 27.9. The average molecular weight is 438 g/mol. The molecule has 0 bridgehead atoms. The molecule has 1 amide bonds. The van der Waals surface area contributed by atoms with Crippen LogP contribution >= 0.6 is 0 Å². The van der Waals surface area contributed by atoms with Gasteiger partial charge in [-0.3, -0.25) is 0 Å². The monoisotopic (exact) mass is 438 g/mol. The third-order valence-corrected chi connectivity index (χ3v) is 4.16. The highest BCUT2D eigenvalue weighted by atomic mass is 19.4. The summed E-state index contributed by atoms with van der Waals surface area (Å²) in [6.07, 6.45) is 1.68. The van der Waals surface area contributed by atoms with Crippen LogP contribution in [0.15, 0.2) is 12.4 Å². The molecule has 12 heteroatoms. The molecule has 0 aliphatic heterocycles. The Labute approximate surface area is 172 Å². The SMILES string of the molecule is CC(C)(C)OC(=O)NC1CCC(NC(CO)c2ncc[nH]2)CC1.O=C(O)C(F)(F)F. The second-order valence-corrected chi connectivity index (χ2v) is 7.87. The Bertz CT molecular complexity index is 654. The van der Waals surface area contributed by atoms with E-state index in [9.17, 15) is 23.1 Å². The molecule has 1 aliphatic rings. The fourth-order valence-corrected chi connectivity index (χ4v) is 2.85. The van der Waals surface area contributed by atoms with Crippen LogP contribution in [0.4, 0.5) is 18.0 Å². The number of halogens is 3. The van der Waals surface area contributed by atoms with Crippen LogP contribution in [0.1, 0.15) is 58.3 Å². The molecule has 0 spiro atoms. The van der Waals surface area contributed by atoms with E-state index < -0.39 is 17.7 Å². The number of aromatic amines is 1. The number of aliphatic hydroxyl groups is 1. The molecule has 1 aromatic heterocycles. The number of carbonyl (C=O) groups is 2. The topological polar surface area (TPSA) is 137 Å². The maximum atomic E-state index is 11.8. The Kier molecular flexibility index (Phi) is 9.56. The van der Waals surface area contributed by atoms with E-state index in [0.29, 0.717) is 6.04 Å². The molecule has 1 unspecified atom stereocenters. The number of hydrogen-bond donors (Lipinski definition) is 5. The molecule has 1 saturated carbocycles. The Hall–Kier alpha value is -2.34. The highest BCUT2D eigenvalue weighted by Gasteiger charge is 2.38. The zero-order valence-corrected chi connectivity index (χ0v) is 17.1. The number of imidazole rings is 1. The van der Waals surface area contributed by atoms with Gasteiger partial charge in [0.25, 0.3) is 0 Å². The summed E-state index contributed by atoms with van der Waals surface area (Å²) in [5, 5.41) is 23.0. The van der Waals surface area contributed by atoms with Crippen molar-refractivity contribution in [3.05, 3.63) is 18.2 Å². The summed E-state index contributed by atoms with van der Waals surface area (Å²) in [5.74, 6) is -2.01. The second kappa shape index (κ2) is 11.2. The summed E-state index contributed by atoms with van der Waals surface area (Å²) >= 11 is 0. The molecule has 2 rings (SSSR count). The molecular weight excluding hydrogens is 409 g/mol. The number of carboxylic acids is 1. The van der Waals surface area contributed by atoms with Crippen LogP contribution in [-0.2, 0) is 9.53 Å². The number of nitrogens with zero attached hydrogens (tertiary/aromatic N) is 1. The third kappa shape index (κ3) is 9.92. The smallest absolute Gasteiger partial charge is 0.475 e. The van der Waals surface area contributed by atoms with Gasteiger partial charge < -0.3 is 30.6 Å². The van der Waals surface area contributed by atoms with E-state index in [0.717, 1.165) is 31.5 Å². The van der Waals surface area contributed by atoms with Crippen LogP contribution in [0.2, 0.25) is 0 Å². The van der Waals surface area contributed by atoms with Crippen molar-refractivity contribution < 1.29 is 37.7 Å². The van der Waals surface area contributed by atoms with Gasteiger partial charge in [0.05, 0.1) is 12.6 Å². The molecule has 9 nitrogen and oxygen atoms in total. The van der Waals surface area contributed by atoms with E-state index in [-0.39, 0.29) is 24.8 Å². The summed E-state index contributed by atoms with van der Waals surface area (Å²) < 4.78 is 37.0. The van der Waals surface area contributed by atoms with E-state index in [1.165, 1.54) is 0 Å². The predicted molar refractivity (Wildman–Crippen MR) is 101 cm³/mol. The maximum absolute atomic E-state index is 11.8. The van der Waals surface area contributed by atoms with Crippen LogP contribution < -0.4 is 10.6 Å². The number of alkyl carbamates (subject to hydrolysis) is 1. The zero-order valence-electron chi connectivity index (χ0n) is 17.1. The number of amides is 1. The van der Waals surface area contributed by atoms with Crippen LogP contribution in [0.5, 0.6) is 0 Å². The summed E-state index contributed by atoms with van der Waals surface area (Å²) in [6.45, 7) is 5.58. The maximum Gasteiger partial charge on any atom is 0.490 e. The number of carbonyl (C=O) groups excluding carboxylic acids is 1. The molecule has 1 aromatic rings. The Morgan fingerprint density at radius 2 is 1.77 bits per heavy atom. The summed E-state index contributed by atoms with van der Waals surface area (Å²) in [6, 6.07) is 0.290. The molecule has 0 radical (unpaired) electrons. The van der Waals surface area contributed by atoms with Crippen LogP contribution in [-0.4, -0.2) is 62.7 Å². The van der Waals surface area contributed by atoms with E-state index in [1.807, 2.05) is 20.8 Å². The molecule has 5 N–H and O–H groups in total. The van der Waals surface area contributed by atoms with Crippen molar-refractivity contribution in [2.24, 2.45) is 0 Å². The first kappa shape index (κ1) is 25.7. The van der Waals surface area contributed by atoms with Crippen molar-refractivity contribution in [1.29, 1.82) is 0 Å². The minimum absolute atomic E-state index is 0.00357. The van der Waals surface area contributed by atoms with Gasteiger partial charge in [0, 0.05) is 24.5 Å². The lowest BCUT2D eigenvalue weighted by atomic mass is 9.90. The highest BCUT2D eigenvalue weighted by Crippen LogP contribution is 2.22. The molecule has 1 heterocycles. The summed E-state index contributed by atoms with van der Waals surface area (Å²) in [7, 11) is 0. The lowest BCUT2D eigenvalue weighted by Crippen LogP contribution is -2.45. The van der Waals surface area contributed by atoms with E-state index in [1.54, 1.807) is 12.4 Å². The number of aliphatic carboxylic acids is 1. The number of aromatic nitrogens is 2. The van der Waals surface area contributed by atoms with Crippen molar-refractivity contribution in [1.82, 2.24) is 20.6 Å². The van der Waals surface area contributed by atoms with E-state index in [4.69, 9.17) is 14.6 Å². The van der Waals surface area contributed by atoms with E-state index >= 15 is 0 Å². The van der Waals surface area contributed by atoms with Gasteiger partial charge in [0.15, 0.2) is 0 Å². The predicted octanol–water partition coefficient (Wildman–Crippen LogP) is 2.50. The molecular formula is C18H29F3N4O5. The first-order valence-corrected chi connectivity index (χ1v) is 9.47. The molecule has 1 aliphatic carbocycles. The lowest BCUT2D eigenvalue weighted by Gasteiger charge is -2.32. The van der Waals surface area contributed by atoms with Crippen LogP contribution in [0.3, 0.4) is 0 Å². The van der Waals surface area contributed by atoms with Gasteiger partial charge in [-0.1, -0.05) is 0 Å². The molecule has 1 atom stereocenters. The van der Waals surface area contributed by atoms with Gasteiger partial charge in [-0.15, -0.1) is 0 Å². The quantitative estimate of drug-likeness (QED) is 0.476. The number of carboxylic acid groups (broad SMARTS) is 1. The molecule has 30 heavy (non-hydrogen) atoms. The van der Waals surface area contributed by atoms with Crippen molar-refractivity contribution in [2.45, 2.75) is 76.4 Å². The standard InChI is InChI=1S/C16H28N4O3.C2HF3O2/c1-16(2,3)23-15(22)20-12-6-4-11(5-7-12)19-13(10-21)14-17-8-9-18-14;3-2(4,5)1(6)7/h8-9,11-13,19,21H,4-7,10H2,1-3H3,(H,17,18)(H,20,22);(H,6,7). The number of alkyl halides is 3. The zero-order chi connectivity index (χ0) is 22.9. The molecule has 1 fully saturated rings. The fraction of sp³-hybridized carbons (Fsp3) is 0.722. The molecule has 172 valence electrons. The van der Waals surface area contributed by atoms with Gasteiger partial charge in [-0.25, -0.2) is 14.6 Å². The number of rotatable bonds is 5.